The normalized spacial score (nSPS) is 17.5. The molecule has 168 valence electrons. The van der Waals surface area contributed by atoms with Crippen molar-refractivity contribution in [2.45, 2.75) is 6.04 Å². The Hall–Kier alpha value is -2.73. The molecule has 0 N–H and O–H groups in total. The SMILES string of the molecule is O=C(c1ccc2nc(-c3nccs3)sc2c1)N1CC(N2CCN(C(=O)c3nccs3)CC2)C1. The molecule has 3 aromatic heterocycles. The van der Waals surface area contributed by atoms with Crippen molar-refractivity contribution in [1.29, 1.82) is 0 Å². The quantitative estimate of drug-likeness (QED) is 0.432. The Kier molecular flexibility index (Phi) is 5.41. The lowest BCUT2D eigenvalue weighted by molar-refractivity contribution is 0.00854. The first kappa shape index (κ1) is 20.8. The molecule has 0 spiro atoms. The molecule has 2 aliphatic rings. The number of nitrogens with zero attached hydrogens (tertiary/aromatic N) is 6. The average molecular weight is 497 g/mol. The molecule has 0 aliphatic carbocycles. The first-order chi connectivity index (χ1) is 16.2. The highest BCUT2D eigenvalue weighted by atomic mass is 32.1. The van der Waals surface area contributed by atoms with Crippen LogP contribution in [0.1, 0.15) is 20.2 Å². The molecule has 0 radical (unpaired) electrons. The molecule has 6 rings (SSSR count). The van der Waals surface area contributed by atoms with Crippen molar-refractivity contribution in [1.82, 2.24) is 29.7 Å². The zero-order valence-corrected chi connectivity index (χ0v) is 20.0. The van der Waals surface area contributed by atoms with Crippen LogP contribution in [0.4, 0.5) is 0 Å². The van der Waals surface area contributed by atoms with Gasteiger partial charge in [0.15, 0.2) is 15.0 Å². The molecule has 0 unspecified atom stereocenters. The third-order valence-corrected chi connectivity index (χ3v) is 8.83. The van der Waals surface area contributed by atoms with Crippen molar-refractivity contribution in [2.75, 3.05) is 39.3 Å². The van der Waals surface area contributed by atoms with Gasteiger partial charge >= 0.3 is 0 Å². The summed E-state index contributed by atoms with van der Waals surface area (Å²) in [5.74, 6) is 0.0847. The molecular formula is C22H20N6O2S3. The largest absolute Gasteiger partial charge is 0.335 e. The molecule has 2 amide bonds. The maximum absolute atomic E-state index is 13.0. The first-order valence-electron chi connectivity index (χ1n) is 10.7. The van der Waals surface area contributed by atoms with Gasteiger partial charge in [0, 0.05) is 74.0 Å². The van der Waals surface area contributed by atoms with E-state index in [0.717, 1.165) is 46.4 Å². The summed E-state index contributed by atoms with van der Waals surface area (Å²) < 4.78 is 1.00. The van der Waals surface area contributed by atoms with Crippen molar-refractivity contribution in [3.8, 4) is 10.0 Å². The number of carbonyl (C=O) groups is 2. The summed E-state index contributed by atoms with van der Waals surface area (Å²) in [6.45, 7) is 4.51. The average Bonchev–Trinajstić information content (AvgIpc) is 3.59. The minimum absolute atomic E-state index is 0.0199. The highest BCUT2D eigenvalue weighted by molar-refractivity contribution is 7.25. The fourth-order valence-electron chi connectivity index (χ4n) is 4.27. The molecule has 1 aromatic carbocycles. The topological polar surface area (TPSA) is 82.5 Å². The number of fused-ring (bicyclic) bond motifs is 1. The Balaban J connectivity index is 1.05. The number of piperazine rings is 1. The number of thiazole rings is 3. The zero-order valence-electron chi connectivity index (χ0n) is 17.6. The van der Waals surface area contributed by atoms with Crippen molar-refractivity contribution in [3.63, 3.8) is 0 Å². The van der Waals surface area contributed by atoms with Crippen LogP contribution in [0, 0.1) is 0 Å². The zero-order chi connectivity index (χ0) is 22.4. The lowest BCUT2D eigenvalue weighted by Gasteiger charge is -2.48. The van der Waals surface area contributed by atoms with Crippen LogP contribution in [-0.2, 0) is 0 Å². The number of likely N-dealkylation sites (tertiary alicyclic amines) is 1. The minimum atomic E-state index is 0.0199. The molecule has 0 saturated carbocycles. The number of benzene rings is 1. The highest BCUT2D eigenvalue weighted by Gasteiger charge is 2.37. The second-order valence-corrected chi connectivity index (χ2v) is 10.9. The van der Waals surface area contributed by atoms with Gasteiger partial charge in [-0.05, 0) is 18.2 Å². The summed E-state index contributed by atoms with van der Waals surface area (Å²) in [5.41, 5.74) is 1.60. The van der Waals surface area contributed by atoms with Gasteiger partial charge in [-0.1, -0.05) is 0 Å². The smallest absolute Gasteiger partial charge is 0.282 e. The summed E-state index contributed by atoms with van der Waals surface area (Å²) >= 11 is 4.52. The summed E-state index contributed by atoms with van der Waals surface area (Å²) in [7, 11) is 0. The lowest BCUT2D eigenvalue weighted by Crippen LogP contribution is -2.64. The van der Waals surface area contributed by atoms with Crippen LogP contribution in [0.25, 0.3) is 20.2 Å². The van der Waals surface area contributed by atoms with Crippen LogP contribution in [0.3, 0.4) is 0 Å². The van der Waals surface area contributed by atoms with Gasteiger partial charge in [-0.2, -0.15) is 0 Å². The van der Waals surface area contributed by atoms with Crippen molar-refractivity contribution in [2.24, 2.45) is 0 Å². The fraction of sp³-hybridized carbons (Fsp3) is 0.318. The third kappa shape index (κ3) is 3.95. The van der Waals surface area contributed by atoms with E-state index in [-0.39, 0.29) is 11.8 Å². The van der Waals surface area contributed by atoms with Gasteiger partial charge in [0.25, 0.3) is 11.8 Å². The number of rotatable bonds is 4. The maximum atomic E-state index is 13.0. The first-order valence-corrected chi connectivity index (χ1v) is 13.3. The number of aromatic nitrogens is 3. The van der Waals surface area contributed by atoms with Crippen LogP contribution in [-0.4, -0.2) is 86.8 Å². The molecule has 2 fully saturated rings. The molecule has 2 saturated heterocycles. The molecule has 2 aliphatic heterocycles. The monoisotopic (exact) mass is 496 g/mol. The Morgan fingerprint density at radius 3 is 2.39 bits per heavy atom. The molecule has 11 heteroatoms. The van der Waals surface area contributed by atoms with E-state index >= 15 is 0 Å². The number of hydrogen-bond acceptors (Lipinski definition) is 9. The Bertz CT molecular complexity index is 1290. The molecule has 0 atom stereocenters. The van der Waals surface area contributed by atoms with E-state index in [1.807, 2.05) is 38.8 Å². The predicted octanol–water partition coefficient (Wildman–Crippen LogP) is 3.16. The van der Waals surface area contributed by atoms with E-state index in [1.54, 1.807) is 35.1 Å². The molecule has 4 aromatic rings. The van der Waals surface area contributed by atoms with E-state index in [0.29, 0.717) is 29.7 Å². The van der Waals surface area contributed by atoms with Crippen LogP contribution in [0.5, 0.6) is 0 Å². The van der Waals surface area contributed by atoms with Gasteiger partial charge in [0.2, 0.25) is 0 Å². The molecule has 0 bridgehead atoms. The van der Waals surface area contributed by atoms with Crippen LogP contribution in [0.2, 0.25) is 0 Å². The molecule has 33 heavy (non-hydrogen) atoms. The Morgan fingerprint density at radius 1 is 0.879 bits per heavy atom. The molecule has 8 nitrogen and oxygen atoms in total. The third-order valence-electron chi connectivity index (χ3n) is 6.13. The maximum Gasteiger partial charge on any atom is 0.282 e. The fourth-order valence-corrected chi connectivity index (χ4v) is 6.55. The van der Waals surface area contributed by atoms with Crippen LogP contribution < -0.4 is 0 Å². The van der Waals surface area contributed by atoms with E-state index in [1.165, 1.54) is 11.3 Å². The molecular weight excluding hydrogens is 476 g/mol. The van der Waals surface area contributed by atoms with Gasteiger partial charge in [-0.25, -0.2) is 15.0 Å². The van der Waals surface area contributed by atoms with Gasteiger partial charge in [0.05, 0.1) is 10.2 Å². The number of carbonyl (C=O) groups excluding carboxylic acids is 2. The summed E-state index contributed by atoms with van der Waals surface area (Å²) in [5, 5.41) is 6.12. The number of hydrogen-bond donors (Lipinski definition) is 0. The summed E-state index contributed by atoms with van der Waals surface area (Å²) in [6, 6.07) is 6.09. The second kappa shape index (κ2) is 8.56. The van der Waals surface area contributed by atoms with Gasteiger partial charge in [-0.3, -0.25) is 14.5 Å². The standard InChI is InChI=1S/C22H20N6O2S3/c29-21(14-1-2-16-17(11-14)33-19(25-16)18-23-3-9-31-18)28-12-15(13-28)26-5-7-27(8-6-26)22(30)20-24-4-10-32-20/h1-4,9-11,15H,5-8,12-13H2. The van der Waals surface area contributed by atoms with Gasteiger partial charge in [-0.15, -0.1) is 34.0 Å². The van der Waals surface area contributed by atoms with Crippen LogP contribution >= 0.6 is 34.0 Å². The summed E-state index contributed by atoms with van der Waals surface area (Å²) in [6.07, 6.45) is 3.45. The summed E-state index contributed by atoms with van der Waals surface area (Å²) in [4.78, 5) is 44.8. The minimum Gasteiger partial charge on any atom is -0.335 e. The Morgan fingerprint density at radius 2 is 1.67 bits per heavy atom. The van der Waals surface area contributed by atoms with Gasteiger partial charge < -0.3 is 9.80 Å². The second-order valence-electron chi connectivity index (χ2n) is 8.07. The van der Waals surface area contributed by atoms with E-state index in [2.05, 4.69) is 19.9 Å². The predicted molar refractivity (Wildman–Crippen MR) is 130 cm³/mol. The molecule has 5 heterocycles. The van der Waals surface area contributed by atoms with Crippen molar-refractivity contribution >= 4 is 56.0 Å². The van der Waals surface area contributed by atoms with Gasteiger partial charge in [0.1, 0.15) is 0 Å². The number of amides is 2. The lowest BCUT2D eigenvalue weighted by atomic mass is 10.0. The van der Waals surface area contributed by atoms with E-state index in [9.17, 15) is 9.59 Å². The highest BCUT2D eigenvalue weighted by Crippen LogP contribution is 2.32. The van der Waals surface area contributed by atoms with Crippen molar-refractivity contribution < 1.29 is 9.59 Å². The Labute approximate surface area is 202 Å². The van der Waals surface area contributed by atoms with E-state index < -0.39 is 0 Å². The van der Waals surface area contributed by atoms with E-state index in [4.69, 9.17) is 0 Å². The van der Waals surface area contributed by atoms with Crippen molar-refractivity contribution in [3.05, 3.63) is 51.9 Å². The van der Waals surface area contributed by atoms with Crippen LogP contribution in [0.15, 0.2) is 41.4 Å².